The summed E-state index contributed by atoms with van der Waals surface area (Å²) in [4.78, 5) is 10.9. The van der Waals surface area contributed by atoms with Gasteiger partial charge in [0.25, 0.3) is 0 Å². The van der Waals surface area contributed by atoms with Crippen molar-refractivity contribution in [2.24, 2.45) is 0 Å². The minimum absolute atomic E-state index is 0.0895. The van der Waals surface area contributed by atoms with Crippen molar-refractivity contribution in [2.45, 2.75) is 6.42 Å². The largest absolute Gasteiger partial charge is 0.506 e. The van der Waals surface area contributed by atoms with E-state index in [2.05, 4.69) is 5.32 Å². The average Bonchev–Trinajstić information content (AvgIpc) is 2.10. The van der Waals surface area contributed by atoms with E-state index in [4.69, 9.17) is 5.26 Å². The van der Waals surface area contributed by atoms with E-state index in [0.29, 0.717) is 0 Å². The Kier molecular flexibility index (Phi) is 3.02. The van der Waals surface area contributed by atoms with Crippen molar-refractivity contribution in [1.82, 2.24) is 0 Å². The molecule has 0 aliphatic heterocycles. The van der Waals surface area contributed by atoms with Crippen molar-refractivity contribution < 1.29 is 14.3 Å². The third-order valence-corrected chi connectivity index (χ3v) is 1.47. The smallest absolute Gasteiger partial charge is 0.238 e. The fourth-order valence-corrected chi connectivity index (χ4v) is 0.877. The van der Waals surface area contributed by atoms with Crippen LogP contribution in [0, 0.1) is 17.1 Å². The van der Waals surface area contributed by atoms with Crippen molar-refractivity contribution in [3.8, 4) is 11.8 Å². The fraction of sp³-hybridized carbons (Fsp3) is 0.111. The molecule has 2 N–H and O–H groups in total. The van der Waals surface area contributed by atoms with Crippen molar-refractivity contribution in [3.63, 3.8) is 0 Å². The van der Waals surface area contributed by atoms with Crippen LogP contribution in [0.5, 0.6) is 5.75 Å². The van der Waals surface area contributed by atoms with E-state index < -0.39 is 11.7 Å². The van der Waals surface area contributed by atoms with E-state index in [1.54, 1.807) is 6.07 Å². The van der Waals surface area contributed by atoms with Gasteiger partial charge in [-0.1, -0.05) is 0 Å². The Bertz CT molecular complexity index is 398. The number of phenols is 1. The molecule has 1 aromatic carbocycles. The number of carbonyl (C=O) groups is 1. The zero-order valence-corrected chi connectivity index (χ0v) is 7.12. The van der Waals surface area contributed by atoms with E-state index >= 15 is 0 Å². The SMILES string of the molecule is N#CCC(=O)Nc1ccc(F)cc1O. The van der Waals surface area contributed by atoms with Crippen LogP contribution < -0.4 is 5.32 Å². The van der Waals surface area contributed by atoms with E-state index in [9.17, 15) is 14.3 Å². The molecule has 0 spiro atoms. The highest BCUT2D eigenvalue weighted by atomic mass is 19.1. The van der Waals surface area contributed by atoms with Crippen molar-refractivity contribution in [2.75, 3.05) is 5.32 Å². The van der Waals surface area contributed by atoms with Gasteiger partial charge in [0, 0.05) is 6.07 Å². The molecule has 14 heavy (non-hydrogen) atoms. The van der Waals surface area contributed by atoms with Gasteiger partial charge < -0.3 is 10.4 Å². The van der Waals surface area contributed by atoms with Crippen LogP contribution in [0.25, 0.3) is 0 Å². The molecular weight excluding hydrogens is 187 g/mol. The summed E-state index contributed by atoms with van der Waals surface area (Å²) in [6.07, 6.45) is -0.309. The zero-order chi connectivity index (χ0) is 10.6. The summed E-state index contributed by atoms with van der Waals surface area (Å²) in [5, 5.41) is 19.6. The van der Waals surface area contributed by atoms with Crippen molar-refractivity contribution >= 4 is 11.6 Å². The predicted molar refractivity (Wildman–Crippen MR) is 46.9 cm³/mol. The summed E-state index contributed by atoms with van der Waals surface area (Å²) in [6, 6.07) is 4.85. The first-order chi connectivity index (χ1) is 6.63. The maximum absolute atomic E-state index is 12.5. The molecule has 0 saturated carbocycles. The molecular formula is C9H7FN2O2. The lowest BCUT2D eigenvalue weighted by Gasteiger charge is -2.04. The number of carbonyl (C=O) groups excluding carboxylic acids is 1. The first-order valence-electron chi connectivity index (χ1n) is 3.79. The summed E-state index contributed by atoms with van der Waals surface area (Å²) in [7, 11) is 0. The van der Waals surface area contributed by atoms with Crippen LogP contribution in [-0.4, -0.2) is 11.0 Å². The lowest BCUT2D eigenvalue weighted by atomic mass is 10.2. The molecule has 0 radical (unpaired) electrons. The molecule has 0 aromatic heterocycles. The molecule has 0 bridgehead atoms. The van der Waals surface area contributed by atoms with Gasteiger partial charge in [0.1, 0.15) is 18.0 Å². The number of nitrogens with zero attached hydrogens (tertiary/aromatic N) is 1. The van der Waals surface area contributed by atoms with Crippen LogP contribution in [-0.2, 0) is 4.79 Å². The summed E-state index contributed by atoms with van der Waals surface area (Å²) in [6.45, 7) is 0. The van der Waals surface area contributed by atoms with Crippen LogP contribution in [0.3, 0.4) is 0 Å². The Balaban J connectivity index is 2.78. The number of nitriles is 1. The lowest BCUT2D eigenvalue weighted by Crippen LogP contribution is -2.10. The summed E-state index contributed by atoms with van der Waals surface area (Å²) in [5.41, 5.74) is 0.0895. The van der Waals surface area contributed by atoms with Gasteiger partial charge in [-0.2, -0.15) is 5.26 Å². The minimum Gasteiger partial charge on any atom is -0.506 e. The van der Waals surface area contributed by atoms with Gasteiger partial charge in [-0.3, -0.25) is 4.79 Å². The molecule has 1 aromatic rings. The Morgan fingerprint density at radius 2 is 2.36 bits per heavy atom. The van der Waals surface area contributed by atoms with Gasteiger partial charge in [-0.05, 0) is 12.1 Å². The predicted octanol–water partition coefficient (Wildman–Crippen LogP) is 1.38. The first-order valence-corrected chi connectivity index (χ1v) is 3.79. The van der Waals surface area contributed by atoms with E-state index in [1.807, 2.05) is 0 Å². The number of anilines is 1. The number of hydrogen-bond acceptors (Lipinski definition) is 3. The standard InChI is InChI=1S/C9H7FN2O2/c10-6-1-2-7(8(13)5-6)12-9(14)3-4-11/h1-2,5,13H,3H2,(H,12,14). The highest BCUT2D eigenvalue weighted by Crippen LogP contribution is 2.23. The van der Waals surface area contributed by atoms with Gasteiger partial charge in [0.05, 0.1) is 11.8 Å². The molecule has 0 heterocycles. The average molecular weight is 194 g/mol. The molecule has 0 fully saturated rings. The highest BCUT2D eigenvalue weighted by molar-refractivity contribution is 5.93. The molecule has 72 valence electrons. The zero-order valence-electron chi connectivity index (χ0n) is 7.12. The van der Waals surface area contributed by atoms with Crippen LogP contribution in [0.15, 0.2) is 18.2 Å². The van der Waals surface area contributed by atoms with E-state index in [-0.39, 0.29) is 17.9 Å². The molecule has 1 rings (SSSR count). The van der Waals surface area contributed by atoms with E-state index in [1.165, 1.54) is 6.07 Å². The molecule has 0 saturated heterocycles. The van der Waals surface area contributed by atoms with Gasteiger partial charge >= 0.3 is 0 Å². The van der Waals surface area contributed by atoms with Gasteiger partial charge in [-0.25, -0.2) is 4.39 Å². The Labute approximate surface area is 79.6 Å². The molecule has 1 amide bonds. The van der Waals surface area contributed by atoms with Crippen molar-refractivity contribution in [3.05, 3.63) is 24.0 Å². The second kappa shape index (κ2) is 4.23. The van der Waals surface area contributed by atoms with Crippen LogP contribution >= 0.6 is 0 Å². The number of benzene rings is 1. The molecule has 4 nitrogen and oxygen atoms in total. The molecule has 0 aliphatic carbocycles. The Hall–Kier alpha value is -2.09. The third kappa shape index (κ3) is 2.45. The number of nitrogens with one attached hydrogen (secondary N) is 1. The lowest BCUT2D eigenvalue weighted by molar-refractivity contribution is -0.115. The number of amides is 1. The normalized spacial score (nSPS) is 9.14. The van der Waals surface area contributed by atoms with Crippen LogP contribution in [0.1, 0.15) is 6.42 Å². The number of rotatable bonds is 2. The summed E-state index contributed by atoms with van der Waals surface area (Å²) >= 11 is 0. The Morgan fingerprint density at radius 1 is 1.64 bits per heavy atom. The van der Waals surface area contributed by atoms with Crippen LogP contribution in [0.4, 0.5) is 10.1 Å². The second-order valence-corrected chi connectivity index (χ2v) is 2.54. The monoisotopic (exact) mass is 194 g/mol. The topological polar surface area (TPSA) is 73.1 Å². The second-order valence-electron chi connectivity index (χ2n) is 2.54. The summed E-state index contributed by atoms with van der Waals surface area (Å²) < 4.78 is 12.5. The Morgan fingerprint density at radius 3 is 2.93 bits per heavy atom. The number of phenolic OH excluding ortho intramolecular Hbond substituents is 1. The third-order valence-electron chi connectivity index (χ3n) is 1.47. The molecule has 0 atom stereocenters. The fourth-order valence-electron chi connectivity index (χ4n) is 0.877. The van der Waals surface area contributed by atoms with E-state index in [0.717, 1.165) is 12.1 Å². The maximum atomic E-state index is 12.5. The number of aromatic hydroxyl groups is 1. The van der Waals surface area contributed by atoms with Crippen LogP contribution in [0.2, 0.25) is 0 Å². The highest BCUT2D eigenvalue weighted by Gasteiger charge is 2.06. The van der Waals surface area contributed by atoms with Crippen molar-refractivity contribution in [1.29, 1.82) is 5.26 Å². The number of halogens is 1. The number of hydrogen-bond donors (Lipinski definition) is 2. The molecule has 0 aliphatic rings. The first kappa shape index (κ1) is 9.99. The summed E-state index contributed by atoms with van der Waals surface area (Å²) in [5.74, 6) is -1.51. The quantitative estimate of drug-likeness (QED) is 0.698. The molecule has 0 unspecified atom stereocenters. The maximum Gasteiger partial charge on any atom is 0.238 e. The minimum atomic E-state index is -0.596. The van der Waals surface area contributed by atoms with Gasteiger partial charge in [0.15, 0.2) is 0 Å². The molecule has 5 heteroatoms. The van der Waals surface area contributed by atoms with Gasteiger partial charge in [-0.15, -0.1) is 0 Å². The van der Waals surface area contributed by atoms with Gasteiger partial charge in [0.2, 0.25) is 5.91 Å².